The quantitative estimate of drug-likeness (QED) is 0.849. The molecule has 0 spiro atoms. The fourth-order valence-corrected chi connectivity index (χ4v) is 1.56. The Morgan fingerprint density at radius 3 is 2.82 bits per heavy atom. The summed E-state index contributed by atoms with van der Waals surface area (Å²) in [7, 11) is 0. The van der Waals surface area contributed by atoms with Crippen molar-refractivity contribution in [3.63, 3.8) is 0 Å². The second-order valence-electron chi connectivity index (χ2n) is 3.16. The predicted octanol–water partition coefficient (Wildman–Crippen LogP) is 3.65. The SMILES string of the molecule is N#Cc1ccncc1Oc1ccc(Br)cc1F. The van der Waals surface area contributed by atoms with Crippen LogP contribution in [0, 0.1) is 17.1 Å². The molecule has 0 atom stereocenters. The highest BCUT2D eigenvalue weighted by Gasteiger charge is 2.08. The number of hydrogen-bond acceptors (Lipinski definition) is 3. The van der Waals surface area contributed by atoms with Crippen LogP contribution in [-0.2, 0) is 0 Å². The van der Waals surface area contributed by atoms with Crippen LogP contribution in [0.4, 0.5) is 4.39 Å². The number of nitrogens with zero attached hydrogens (tertiary/aromatic N) is 2. The van der Waals surface area contributed by atoms with Crippen molar-refractivity contribution in [3.8, 4) is 17.6 Å². The highest BCUT2D eigenvalue weighted by molar-refractivity contribution is 9.10. The number of benzene rings is 1. The number of hydrogen-bond donors (Lipinski definition) is 0. The predicted molar refractivity (Wildman–Crippen MR) is 63.1 cm³/mol. The first kappa shape index (κ1) is 11.6. The summed E-state index contributed by atoms with van der Waals surface area (Å²) in [6.07, 6.45) is 2.85. The number of nitriles is 1. The molecule has 5 heteroatoms. The molecule has 0 saturated carbocycles. The van der Waals surface area contributed by atoms with Crippen LogP contribution in [0.2, 0.25) is 0 Å². The Balaban J connectivity index is 2.35. The summed E-state index contributed by atoms with van der Waals surface area (Å²) >= 11 is 3.15. The zero-order chi connectivity index (χ0) is 12.3. The van der Waals surface area contributed by atoms with E-state index in [2.05, 4.69) is 20.9 Å². The van der Waals surface area contributed by atoms with Gasteiger partial charge in [0.05, 0.1) is 11.8 Å². The maximum Gasteiger partial charge on any atom is 0.166 e. The summed E-state index contributed by atoms with van der Waals surface area (Å²) in [5.74, 6) is -0.221. The van der Waals surface area contributed by atoms with Crippen molar-refractivity contribution in [2.45, 2.75) is 0 Å². The van der Waals surface area contributed by atoms with Crippen LogP contribution in [0.1, 0.15) is 5.56 Å². The van der Waals surface area contributed by atoms with Crippen LogP contribution in [-0.4, -0.2) is 4.98 Å². The van der Waals surface area contributed by atoms with Gasteiger partial charge in [-0.3, -0.25) is 4.98 Å². The first-order valence-corrected chi connectivity index (χ1v) is 5.47. The van der Waals surface area contributed by atoms with Crippen molar-refractivity contribution < 1.29 is 9.13 Å². The molecular weight excluding hydrogens is 287 g/mol. The maximum atomic E-state index is 13.5. The van der Waals surface area contributed by atoms with Crippen molar-refractivity contribution in [1.29, 1.82) is 5.26 Å². The molecule has 0 bridgehead atoms. The van der Waals surface area contributed by atoms with E-state index < -0.39 is 5.82 Å². The van der Waals surface area contributed by atoms with E-state index in [1.165, 1.54) is 30.6 Å². The van der Waals surface area contributed by atoms with Gasteiger partial charge >= 0.3 is 0 Å². The maximum absolute atomic E-state index is 13.5. The topological polar surface area (TPSA) is 45.9 Å². The summed E-state index contributed by atoms with van der Waals surface area (Å²) < 4.78 is 19.4. The molecule has 0 N–H and O–H groups in total. The Kier molecular flexibility index (Phi) is 3.35. The molecule has 0 aliphatic rings. The minimum absolute atomic E-state index is 0.0534. The lowest BCUT2D eigenvalue weighted by molar-refractivity contribution is 0.439. The molecule has 0 fully saturated rings. The van der Waals surface area contributed by atoms with Gasteiger partial charge in [0.25, 0.3) is 0 Å². The van der Waals surface area contributed by atoms with E-state index in [1.54, 1.807) is 6.07 Å². The van der Waals surface area contributed by atoms with Crippen LogP contribution >= 0.6 is 15.9 Å². The summed E-state index contributed by atoms with van der Waals surface area (Å²) in [5.41, 5.74) is 0.308. The zero-order valence-corrected chi connectivity index (χ0v) is 10.1. The number of ether oxygens (including phenoxy) is 1. The summed E-state index contributed by atoms with van der Waals surface area (Å²) in [5, 5.41) is 8.85. The number of pyridine rings is 1. The molecule has 84 valence electrons. The number of halogens is 2. The van der Waals surface area contributed by atoms with Crippen molar-refractivity contribution >= 4 is 15.9 Å². The van der Waals surface area contributed by atoms with Gasteiger partial charge in [-0.15, -0.1) is 0 Å². The first-order chi connectivity index (χ1) is 8.20. The second-order valence-corrected chi connectivity index (χ2v) is 4.08. The molecule has 2 rings (SSSR count). The van der Waals surface area contributed by atoms with Crippen molar-refractivity contribution in [1.82, 2.24) is 4.98 Å². The Labute approximate surface area is 106 Å². The fourth-order valence-electron chi connectivity index (χ4n) is 1.23. The van der Waals surface area contributed by atoms with E-state index in [4.69, 9.17) is 10.00 Å². The van der Waals surface area contributed by atoms with Gasteiger partial charge in [-0.05, 0) is 24.3 Å². The van der Waals surface area contributed by atoms with Gasteiger partial charge in [0.15, 0.2) is 17.3 Å². The average molecular weight is 293 g/mol. The molecular formula is C12H6BrFN2O. The van der Waals surface area contributed by atoms with E-state index >= 15 is 0 Å². The van der Waals surface area contributed by atoms with Gasteiger partial charge in [0, 0.05) is 10.7 Å². The Bertz CT molecular complexity index is 595. The van der Waals surface area contributed by atoms with Crippen molar-refractivity contribution in [2.24, 2.45) is 0 Å². The van der Waals surface area contributed by atoms with Gasteiger partial charge in [-0.2, -0.15) is 5.26 Å². The molecule has 1 aromatic carbocycles. The smallest absolute Gasteiger partial charge is 0.166 e. The second kappa shape index (κ2) is 4.93. The monoisotopic (exact) mass is 292 g/mol. The molecule has 3 nitrogen and oxygen atoms in total. The van der Waals surface area contributed by atoms with Crippen LogP contribution in [0.3, 0.4) is 0 Å². The third-order valence-corrected chi connectivity index (χ3v) is 2.51. The van der Waals surface area contributed by atoms with Crippen molar-refractivity contribution in [3.05, 3.63) is 52.5 Å². The van der Waals surface area contributed by atoms with Crippen LogP contribution in [0.25, 0.3) is 0 Å². The first-order valence-electron chi connectivity index (χ1n) is 4.67. The van der Waals surface area contributed by atoms with E-state index in [0.717, 1.165) is 0 Å². The Morgan fingerprint density at radius 1 is 1.29 bits per heavy atom. The average Bonchev–Trinajstić information content (AvgIpc) is 2.33. The summed E-state index contributed by atoms with van der Waals surface area (Å²) in [6.45, 7) is 0. The standard InChI is InChI=1S/C12H6BrFN2O/c13-9-1-2-11(10(14)5-9)17-12-7-16-4-3-8(12)6-15/h1-5,7H. The Morgan fingerprint density at radius 2 is 2.12 bits per heavy atom. The number of rotatable bonds is 2. The highest BCUT2D eigenvalue weighted by atomic mass is 79.9. The molecule has 1 aromatic heterocycles. The highest BCUT2D eigenvalue weighted by Crippen LogP contribution is 2.28. The van der Waals surface area contributed by atoms with E-state index in [0.29, 0.717) is 10.0 Å². The summed E-state index contributed by atoms with van der Waals surface area (Å²) in [6, 6.07) is 7.88. The fraction of sp³-hybridized carbons (Fsp3) is 0. The molecule has 0 unspecified atom stereocenters. The molecule has 1 heterocycles. The van der Waals surface area contributed by atoms with Crippen LogP contribution in [0.15, 0.2) is 41.1 Å². The van der Waals surface area contributed by atoms with Gasteiger partial charge in [0.1, 0.15) is 6.07 Å². The van der Waals surface area contributed by atoms with Crippen LogP contribution in [0.5, 0.6) is 11.5 Å². The largest absolute Gasteiger partial charge is 0.451 e. The van der Waals surface area contributed by atoms with Gasteiger partial charge in [-0.1, -0.05) is 15.9 Å². The van der Waals surface area contributed by atoms with E-state index in [9.17, 15) is 4.39 Å². The molecule has 0 saturated heterocycles. The summed E-state index contributed by atoms with van der Waals surface area (Å²) in [4.78, 5) is 3.83. The lowest BCUT2D eigenvalue weighted by Crippen LogP contribution is -1.91. The van der Waals surface area contributed by atoms with Gasteiger partial charge in [0.2, 0.25) is 0 Å². The van der Waals surface area contributed by atoms with E-state index in [-0.39, 0.29) is 11.5 Å². The third-order valence-electron chi connectivity index (χ3n) is 2.02. The molecule has 0 amide bonds. The molecule has 0 aliphatic heterocycles. The Hall–Kier alpha value is -1.93. The number of aromatic nitrogens is 1. The minimum atomic E-state index is -0.507. The van der Waals surface area contributed by atoms with Crippen LogP contribution < -0.4 is 4.74 Å². The molecule has 17 heavy (non-hydrogen) atoms. The lowest BCUT2D eigenvalue weighted by Gasteiger charge is -2.07. The molecule has 0 radical (unpaired) electrons. The third kappa shape index (κ3) is 2.60. The minimum Gasteiger partial charge on any atom is -0.451 e. The van der Waals surface area contributed by atoms with E-state index in [1.807, 2.05) is 6.07 Å². The molecule has 0 aliphatic carbocycles. The lowest BCUT2D eigenvalue weighted by atomic mass is 10.2. The molecule has 2 aromatic rings. The van der Waals surface area contributed by atoms with Gasteiger partial charge in [-0.25, -0.2) is 4.39 Å². The van der Waals surface area contributed by atoms with Gasteiger partial charge < -0.3 is 4.74 Å². The normalized spacial score (nSPS) is 9.71. The van der Waals surface area contributed by atoms with Crippen molar-refractivity contribution in [2.75, 3.05) is 0 Å². The zero-order valence-electron chi connectivity index (χ0n) is 8.52.